The highest BCUT2D eigenvalue weighted by Crippen LogP contribution is 2.26. The zero-order valence-corrected chi connectivity index (χ0v) is 17.1. The summed E-state index contributed by atoms with van der Waals surface area (Å²) in [6, 6.07) is -0.108. The van der Waals surface area contributed by atoms with Crippen LogP contribution in [0, 0.1) is 5.92 Å². The number of hydrogen-bond donors (Lipinski definition) is 1. The number of nitrogens with one attached hydrogen (secondary N) is 1. The molecule has 0 saturated carbocycles. The van der Waals surface area contributed by atoms with Crippen LogP contribution in [0.3, 0.4) is 0 Å². The van der Waals surface area contributed by atoms with Crippen LogP contribution >= 0.6 is 46.1 Å². The third-order valence-electron chi connectivity index (χ3n) is 3.34. The number of hydroxylamine groups is 2. The quantitative estimate of drug-likeness (QED) is 0.636. The van der Waals surface area contributed by atoms with E-state index in [1.807, 2.05) is 13.8 Å². The number of hydrogen-bond acceptors (Lipinski definition) is 7. The van der Waals surface area contributed by atoms with E-state index in [2.05, 4.69) is 10.3 Å². The Labute approximate surface area is 169 Å². The van der Waals surface area contributed by atoms with Gasteiger partial charge in [-0.05, 0) is 5.92 Å². The van der Waals surface area contributed by atoms with E-state index < -0.39 is 16.0 Å². The smallest absolute Gasteiger partial charge is 0.434 e. The van der Waals surface area contributed by atoms with E-state index in [4.69, 9.17) is 49.1 Å². The minimum Gasteiger partial charge on any atom is -0.446 e. The molecule has 1 N–H and O–H groups in total. The van der Waals surface area contributed by atoms with Crippen LogP contribution in [0.25, 0.3) is 0 Å². The summed E-state index contributed by atoms with van der Waals surface area (Å²) in [6.45, 7) is 4.17. The second-order valence-corrected chi connectivity index (χ2v) is 9.13. The van der Waals surface area contributed by atoms with Gasteiger partial charge in [0.25, 0.3) is 0 Å². The second kappa shape index (κ2) is 9.27. The molecule has 26 heavy (non-hydrogen) atoms. The van der Waals surface area contributed by atoms with Crippen molar-refractivity contribution in [3.05, 3.63) is 11.1 Å². The average molecular weight is 447 g/mol. The summed E-state index contributed by atoms with van der Waals surface area (Å²) in [5, 5.41) is 5.81. The summed E-state index contributed by atoms with van der Waals surface area (Å²) in [7, 11) is 0. The Morgan fingerprint density at radius 1 is 1.54 bits per heavy atom. The Hall–Kier alpha value is -1.000. The van der Waals surface area contributed by atoms with Crippen LogP contribution in [-0.4, -0.2) is 51.9 Å². The monoisotopic (exact) mass is 445 g/mol. The number of amides is 2. The number of nitrogens with zero attached hydrogens (tertiary/aromatic N) is 2. The molecule has 0 aromatic carbocycles. The van der Waals surface area contributed by atoms with Crippen LogP contribution in [0.1, 0.15) is 19.5 Å². The molecule has 2 amide bonds. The molecule has 1 saturated heterocycles. The number of cyclic esters (lactones) is 1. The number of carbonyl (C=O) groups excluding carboxylic acids is 2. The predicted octanol–water partition coefficient (Wildman–Crippen LogP) is 4.01. The third kappa shape index (κ3) is 6.62. The molecule has 0 aliphatic carbocycles. The summed E-state index contributed by atoms with van der Waals surface area (Å²) < 4.78 is 8.07. The number of halogens is 3. The molecule has 2 heterocycles. The van der Waals surface area contributed by atoms with E-state index in [0.29, 0.717) is 23.9 Å². The van der Waals surface area contributed by atoms with Crippen LogP contribution in [0.15, 0.2) is 5.38 Å². The maximum atomic E-state index is 11.7. The summed E-state index contributed by atoms with van der Waals surface area (Å²) >= 11 is 17.7. The van der Waals surface area contributed by atoms with Crippen LogP contribution < -0.4 is 5.32 Å². The Kier molecular flexibility index (Phi) is 7.60. The largest absolute Gasteiger partial charge is 0.446 e. The molecule has 0 unspecified atom stereocenters. The first-order valence-corrected chi connectivity index (χ1v) is 9.71. The summed E-state index contributed by atoms with van der Waals surface area (Å²) in [5.41, 5.74) is 0.695. The summed E-state index contributed by atoms with van der Waals surface area (Å²) in [4.78, 5) is 33.0. The molecule has 8 nitrogen and oxygen atoms in total. The minimum absolute atomic E-state index is 0.108. The highest BCUT2D eigenvalue weighted by atomic mass is 35.6. The van der Waals surface area contributed by atoms with Gasteiger partial charge in [-0.1, -0.05) is 48.7 Å². The van der Waals surface area contributed by atoms with Gasteiger partial charge in [0.2, 0.25) is 3.79 Å². The van der Waals surface area contributed by atoms with Gasteiger partial charge >= 0.3 is 12.2 Å². The predicted molar refractivity (Wildman–Crippen MR) is 98.8 cm³/mol. The Morgan fingerprint density at radius 3 is 2.92 bits per heavy atom. The van der Waals surface area contributed by atoms with Gasteiger partial charge in [-0.25, -0.2) is 14.6 Å². The van der Waals surface area contributed by atoms with E-state index in [0.717, 1.165) is 0 Å². The lowest BCUT2D eigenvalue weighted by Crippen LogP contribution is -2.37. The van der Waals surface area contributed by atoms with Crippen molar-refractivity contribution in [2.45, 2.75) is 30.1 Å². The van der Waals surface area contributed by atoms with Crippen molar-refractivity contribution >= 4 is 63.5 Å². The first kappa shape index (κ1) is 21.3. The highest BCUT2D eigenvalue weighted by Gasteiger charge is 2.36. The number of anilines is 1. The van der Waals surface area contributed by atoms with Crippen molar-refractivity contribution in [3.8, 4) is 0 Å². The van der Waals surface area contributed by atoms with Gasteiger partial charge in [-0.15, -0.1) is 11.3 Å². The molecule has 1 fully saturated rings. The SMILES string of the molecule is CC(C)[C@H]1COC(=O)N1OCCc1csc(NC(=O)OCC(Cl)(Cl)Cl)n1. The molecule has 1 atom stereocenters. The van der Waals surface area contributed by atoms with Gasteiger partial charge < -0.3 is 9.47 Å². The molecule has 146 valence electrons. The molecule has 1 aromatic heterocycles. The van der Waals surface area contributed by atoms with Gasteiger partial charge in [-0.2, -0.15) is 5.06 Å². The molecule has 1 aliphatic rings. The fraction of sp³-hybridized carbons (Fsp3) is 0.643. The van der Waals surface area contributed by atoms with Crippen molar-refractivity contribution < 1.29 is 23.9 Å². The van der Waals surface area contributed by atoms with Crippen LogP contribution in [-0.2, 0) is 20.7 Å². The highest BCUT2D eigenvalue weighted by molar-refractivity contribution is 7.13. The third-order valence-corrected chi connectivity index (χ3v) is 4.48. The number of alkyl halides is 3. The van der Waals surface area contributed by atoms with Gasteiger partial charge in [0, 0.05) is 11.8 Å². The summed E-state index contributed by atoms with van der Waals surface area (Å²) in [6.07, 6.45) is -0.801. The lowest BCUT2D eigenvalue weighted by atomic mass is 10.1. The van der Waals surface area contributed by atoms with Crippen molar-refractivity contribution in [2.24, 2.45) is 5.92 Å². The van der Waals surface area contributed by atoms with E-state index in [1.54, 1.807) is 5.38 Å². The maximum absolute atomic E-state index is 11.7. The second-order valence-electron chi connectivity index (χ2n) is 5.76. The average Bonchev–Trinajstić information content (AvgIpc) is 3.12. The van der Waals surface area contributed by atoms with Gasteiger partial charge in [-0.3, -0.25) is 10.2 Å². The topological polar surface area (TPSA) is 90.0 Å². The molecule has 0 bridgehead atoms. The zero-order chi connectivity index (χ0) is 19.3. The zero-order valence-electron chi connectivity index (χ0n) is 14.0. The lowest BCUT2D eigenvalue weighted by molar-refractivity contribution is -0.137. The van der Waals surface area contributed by atoms with Crippen molar-refractivity contribution in [3.63, 3.8) is 0 Å². The standard InChI is InChI=1S/C14H18Cl3N3O5S/c1-8(2)10-5-23-13(22)20(10)25-4-3-9-6-26-11(18-9)19-12(21)24-7-14(15,16)17/h6,8,10H,3-5,7H2,1-2H3,(H,18,19,21)/t10-/m1/s1. The number of thiazole rings is 1. The molecular weight excluding hydrogens is 429 g/mol. The van der Waals surface area contributed by atoms with Crippen LogP contribution in [0.4, 0.5) is 14.7 Å². The molecule has 12 heteroatoms. The number of carbonyl (C=O) groups is 2. The van der Waals surface area contributed by atoms with E-state index in [1.165, 1.54) is 16.4 Å². The van der Waals surface area contributed by atoms with Crippen molar-refractivity contribution in [2.75, 3.05) is 25.1 Å². The van der Waals surface area contributed by atoms with E-state index >= 15 is 0 Å². The number of ether oxygens (including phenoxy) is 2. The van der Waals surface area contributed by atoms with Gasteiger partial charge in [0.05, 0.1) is 18.3 Å². The minimum atomic E-state index is -1.67. The Bertz CT molecular complexity index is 638. The maximum Gasteiger partial charge on any atom is 0.434 e. The van der Waals surface area contributed by atoms with Gasteiger partial charge in [0.15, 0.2) is 5.13 Å². The molecule has 0 radical (unpaired) electrons. The van der Waals surface area contributed by atoms with Crippen LogP contribution in [0.5, 0.6) is 0 Å². The van der Waals surface area contributed by atoms with E-state index in [-0.39, 0.29) is 25.2 Å². The number of rotatable bonds is 7. The normalized spacial score (nSPS) is 17.5. The Morgan fingerprint density at radius 2 is 2.27 bits per heavy atom. The molecule has 0 spiro atoms. The van der Waals surface area contributed by atoms with Crippen molar-refractivity contribution in [1.82, 2.24) is 10.0 Å². The van der Waals surface area contributed by atoms with Crippen molar-refractivity contribution in [1.29, 1.82) is 0 Å². The molecule has 2 rings (SSSR count). The fourth-order valence-corrected chi connectivity index (χ4v) is 2.93. The number of aromatic nitrogens is 1. The lowest BCUT2D eigenvalue weighted by Gasteiger charge is -2.22. The molecule has 1 aromatic rings. The Balaban J connectivity index is 1.76. The van der Waals surface area contributed by atoms with Gasteiger partial charge in [0.1, 0.15) is 13.2 Å². The summed E-state index contributed by atoms with van der Waals surface area (Å²) in [5.74, 6) is 0.218. The van der Waals surface area contributed by atoms with Crippen LogP contribution in [0.2, 0.25) is 0 Å². The molecule has 1 aliphatic heterocycles. The first-order valence-electron chi connectivity index (χ1n) is 7.69. The first-order chi connectivity index (χ1) is 12.2. The molecular formula is C14H18Cl3N3O5S. The fourth-order valence-electron chi connectivity index (χ4n) is 2.03. The van der Waals surface area contributed by atoms with E-state index in [9.17, 15) is 9.59 Å².